The largest absolute Gasteiger partial charge is 0.481 e. The lowest BCUT2D eigenvalue weighted by molar-refractivity contribution is -0.142. The van der Waals surface area contributed by atoms with Gasteiger partial charge in [0.2, 0.25) is 0 Å². The highest BCUT2D eigenvalue weighted by atomic mass is 32.1. The Labute approximate surface area is 99.7 Å². The topological polar surface area (TPSA) is 40.5 Å². The van der Waals surface area contributed by atoms with Crippen LogP contribution < -0.4 is 0 Å². The van der Waals surface area contributed by atoms with E-state index in [2.05, 4.69) is 28.7 Å². The van der Waals surface area contributed by atoms with E-state index in [1.54, 1.807) is 11.3 Å². The molecule has 1 aromatic heterocycles. The third-order valence-corrected chi connectivity index (χ3v) is 4.23. The lowest BCUT2D eigenvalue weighted by Crippen LogP contribution is -2.26. The minimum atomic E-state index is -0.660. The van der Waals surface area contributed by atoms with Crippen LogP contribution in [0.2, 0.25) is 0 Å². The number of rotatable bonds is 3. The Morgan fingerprint density at radius 3 is 2.88 bits per heavy atom. The summed E-state index contributed by atoms with van der Waals surface area (Å²) in [5.74, 6) is -0.618. The molecule has 1 saturated heterocycles. The van der Waals surface area contributed by atoms with E-state index in [-0.39, 0.29) is 11.8 Å². The number of hydrogen-bond donors (Lipinski definition) is 1. The van der Waals surface area contributed by atoms with Crippen LogP contribution in [-0.4, -0.2) is 29.1 Å². The van der Waals surface area contributed by atoms with E-state index in [0.717, 1.165) is 6.54 Å². The zero-order valence-electron chi connectivity index (χ0n) is 9.59. The fraction of sp³-hybridized carbons (Fsp3) is 0.583. The van der Waals surface area contributed by atoms with Gasteiger partial charge in [-0.1, -0.05) is 6.92 Å². The number of carboxylic acid groups (broad SMARTS) is 1. The second kappa shape index (κ2) is 4.55. The molecule has 4 heteroatoms. The molecule has 3 nitrogen and oxygen atoms in total. The molecule has 2 rings (SSSR count). The maximum atomic E-state index is 11.0. The number of nitrogens with zero attached hydrogens (tertiary/aromatic N) is 1. The van der Waals surface area contributed by atoms with Crippen molar-refractivity contribution in [1.82, 2.24) is 4.90 Å². The van der Waals surface area contributed by atoms with Gasteiger partial charge in [0, 0.05) is 19.1 Å². The van der Waals surface area contributed by atoms with Crippen LogP contribution in [0.5, 0.6) is 0 Å². The summed E-state index contributed by atoms with van der Waals surface area (Å²) in [5, 5.41) is 13.3. The molecular weight excluding hydrogens is 222 g/mol. The van der Waals surface area contributed by atoms with Crippen LogP contribution in [0.15, 0.2) is 16.8 Å². The van der Waals surface area contributed by atoms with Gasteiger partial charge in [-0.05, 0) is 35.2 Å². The summed E-state index contributed by atoms with van der Waals surface area (Å²) in [4.78, 5) is 13.3. The van der Waals surface area contributed by atoms with E-state index < -0.39 is 5.97 Å². The SMILES string of the molecule is CC(c1ccsc1)N1C[C@@H](C)[C@H](C(=O)O)C1. The van der Waals surface area contributed by atoms with Crippen molar-refractivity contribution in [2.24, 2.45) is 11.8 Å². The van der Waals surface area contributed by atoms with Gasteiger partial charge in [0.1, 0.15) is 0 Å². The molecule has 1 aliphatic heterocycles. The van der Waals surface area contributed by atoms with Crippen LogP contribution >= 0.6 is 11.3 Å². The van der Waals surface area contributed by atoms with Gasteiger partial charge in [-0.25, -0.2) is 0 Å². The van der Waals surface area contributed by atoms with Crippen LogP contribution in [0.25, 0.3) is 0 Å². The lowest BCUT2D eigenvalue weighted by atomic mass is 9.99. The molecule has 0 spiro atoms. The number of carboxylic acids is 1. The monoisotopic (exact) mass is 239 g/mol. The smallest absolute Gasteiger partial charge is 0.308 e. The van der Waals surface area contributed by atoms with Crippen LogP contribution in [-0.2, 0) is 4.79 Å². The summed E-state index contributed by atoms with van der Waals surface area (Å²) >= 11 is 1.69. The highest BCUT2D eigenvalue weighted by molar-refractivity contribution is 7.07. The molecule has 1 aromatic rings. The van der Waals surface area contributed by atoms with Crippen molar-refractivity contribution < 1.29 is 9.90 Å². The molecule has 1 N–H and O–H groups in total. The fourth-order valence-electron chi connectivity index (χ4n) is 2.37. The van der Waals surface area contributed by atoms with Crippen LogP contribution in [0.3, 0.4) is 0 Å². The molecule has 16 heavy (non-hydrogen) atoms. The fourth-order valence-corrected chi connectivity index (χ4v) is 3.11. The Morgan fingerprint density at radius 1 is 1.62 bits per heavy atom. The molecule has 0 radical (unpaired) electrons. The molecule has 0 aromatic carbocycles. The number of carbonyl (C=O) groups is 1. The predicted molar refractivity (Wildman–Crippen MR) is 64.6 cm³/mol. The standard InChI is InChI=1S/C12H17NO2S/c1-8-5-13(6-11(8)12(14)15)9(2)10-3-4-16-7-10/h3-4,7-9,11H,5-6H2,1-2H3,(H,14,15)/t8-,9?,11-/m1/s1. The first-order valence-corrected chi connectivity index (χ1v) is 6.53. The summed E-state index contributed by atoms with van der Waals surface area (Å²) in [6, 6.07) is 2.45. The zero-order chi connectivity index (χ0) is 11.7. The normalized spacial score (nSPS) is 28.1. The van der Waals surface area contributed by atoms with Crippen molar-refractivity contribution in [2.75, 3.05) is 13.1 Å². The van der Waals surface area contributed by atoms with E-state index in [0.29, 0.717) is 12.6 Å². The summed E-state index contributed by atoms with van der Waals surface area (Å²) < 4.78 is 0. The number of likely N-dealkylation sites (tertiary alicyclic amines) is 1. The average Bonchev–Trinajstić information content (AvgIpc) is 2.84. The highest BCUT2D eigenvalue weighted by Crippen LogP contribution is 2.31. The van der Waals surface area contributed by atoms with E-state index in [1.807, 2.05) is 6.92 Å². The van der Waals surface area contributed by atoms with Crippen molar-refractivity contribution in [3.05, 3.63) is 22.4 Å². The molecule has 1 aliphatic rings. The van der Waals surface area contributed by atoms with Gasteiger partial charge in [-0.2, -0.15) is 11.3 Å². The summed E-state index contributed by atoms with van der Waals surface area (Å²) in [5.41, 5.74) is 1.29. The van der Waals surface area contributed by atoms with Gasteiger partial charge in [0.25, 0.3) is 0 Å². The van der Waals surface area contributed by atoms with Crippen molar-refractivity contribution >= 4 is 17.3 Å². The molecule has 1 unspecified atom stereocenters. The Bertz CT molecular complexity index is 363. The van der Waals surface area contributed by atoms with E-state index >= 15 is 0 Å². The predicted octanol–water partition coefficient (Wildman–Crippen LogP) is 2.46. The van der Waals surface area contributed by atoms with Gasteiger partial charge in [-0.3, -0.25) is 9.69 Å². The summed E-state index contributed by atoms with van der Waals surface area (Å²) in [7, 11) is 0. The number of thiophene rings is 1. The van der Waals surface area contributed by atoms with Crippen molar-refractivity contribution in [3.8, 4) is 0 Å². The number of aliphatic carboxylic acids is 1. The Balaban J connectivity index is 2.05. The van der Waals surface area contributed by atoms with Crippen LogP contribution in [0.4, 0.5) is 0 Å². The molecule has 88 valence electrons. The maximum Gasteiger partial charge on any atom is 0.308 e. The Morgan fingerprint density at radius 2 is 2.38 bits per heavy atom. The molecule has 0 bridgehead atoms. The van der Waals surface area contributed by atoms with Crippen molar-refractivity contribution in [2.45, 2.75) is 19.9 Å². The molecule has 0 amide bonds. The first kappa shape index (κ1) is 11.6. The average molecular weight is 239 g/mol. The third kappa shape index (κ3) is 2.13. The minimum Gasteiger partial charge on any atom is -0.481 e. The minimum absolute atomic E-state index is 0.207. The molecule has 2 heterocycles. The maximum absolute atomic E-state index is 11.0. The van der Waals surface area contributed by atoms with Gasteiger partial charge < -0.3 is 5.11 Å². The molecule has 3 atom stereocenters. The zero-order valence-corrected chi connectivity index (χ0v) is 10.4. The quantitative estimate of drug-likeness (QED) is 0.881. The lowest BCUT2D eigenvalue weighted by Gasteiger charge is -2.23. The number of hydrogen-bond acceptors (Lipinski definition) is 3. The van der Waals surface area contributed by atoms with Crippen LogP contribution in [0.1, 0.15) is 25.5 Å². The highest BCUT2D eigenvalue weighted by Gasteiger charge is 2.36. The molecule has 1 fully saturated rings. The van der Waals surface area contributed by atoms with Gasteiger partial charge >= 0.3 is 5.97 Å². The van der Waals surface area contributed by atoms with Crippen molar-refractivity contribution in [1.29, 1.82) is 0 Å². The Kier molecular flexibility index (Phi) is 3.30. The second-order valence-corrected chi connectivity index (χ2v) is 5.39. The first-order valence-electron chi connectivity index (χ1n) is 5.58. The summed E-state index contributed by atoms with van der Waals surface area (Å²) in [6.07, 6.45) is 0. The molecule has 0 saturated carbocycles. The molecule has 0 aliphatic carbocycles. The van der Waals surface area contributed by atoms with Crippen LogP contribution in [0, 0.1) is 11.8 Å². The van der Waals surface area contributed by atoms with Gasteiger partial charge in [0.05, 0.1) is 5.92 Å². The van der Waals surface area contributed by atoms with Gasteiger partial charge in [0.15, 0.2) is 0 Å². The first-order chi connectivity index (χ1) is 7.59. The van der Waals surface area contributed by atoms with Gasteiger partial charge in [-0.15, -0.1) is 0 Å². The third-order valence-electron chi connectivity index (χ3n) is 3.53. The van der Waals surface area contributed by atoms with Crippen molar-refractivity contribution in [3.63, 3.8) is 0 Å². The second-order valence-electron chi connectivity index (χ2n) is 4.61. The molecular formula is C12H17NO2S. The van der Waals surface area contributed by atoms with E-state index in [4.69, 9.17) is 5.11 Å². The van der Waals surface area contributed by atoms with E-state index in [9.17, 15) is 4.79 Å². The Hall–Kier alpha value is -0.870. The summed E-state index contributed by atoms with van der Waals surface area (Å²) in [6.45, 7) is 5.74. The van der Waals surface area contributed by atoms with E-state index in [1.165, 1.54) is 5.56 Å².